The average Bonchev–Trinajstić information content (AvgIpc) is 2.35. The molecule has 1 atom stereocenters. The van der Waals surface area contributed by atoms with Crippen LogP contribution in [0.3, 0.4) is 0 Å². The minimum atomic E-state index is -1.13. The van der Waals surface area contributed by atoms with E-state index < -0.39 is 23.8 Å². The number of amides is 2. The molecule has 6 heteroatoms. The van der Waals surface area contributed by atoms with E-state index in [4.69, 9.17) is 5.73 Å². The van der Waals surface area contributed by atoms with Crippen LogP contribution in [0.2, 0.25) is 0 Å². The molecule has 0 aliphatic heterocycles. The first-order chi connectivity index (χ1) is 10.2. The van der Waals surface area contributed by atoms with Gasteiger partial charge in [0.05, 0.1) is 0 Å². The fourth-order valence-corrected chi connectivity index (χ4v) is 2.23. The van der Waals surface area contributed by atoms with Crippen molar-refractivity contribution >= 4 is 17.8 Å². The quantitative estimate of drug-likeness (QED) is 0.601. The van der Waals surface area contributed by atoms with Gasteiger partial charge in [-0.25, -0.2) is 4.79 Å². The number of nitrogens with two attached hydrogens (primary N) is 1. The molecule has 0 aliphatic carbocycles. The van der Waals surface area contributed by atoms with Gasteiger partial charge in [0.1, 0.15) is 6.04 Å². The highest BCUT2D eigenvalue weighted by molar-refractivity contribution is 5.99. The van der Waals surface area contributed by atoms with Crippen molar-refractivity contribution in [2.75, 3.05) is 6.54 Å². The minimum absolute atomic E-state index is 0.0698. The monoisotopic (exact) mass is 314 g/mol. The molecule has 0 aliphatic rings. The van der Waals surface area contributed by atoms with Crippen LogP contribution in [0.4, 0.5) is 0 Å². The standard InChI is InChI=1S/C16H30N2O4/c1-11(2)9-14(19)18(15(20)10-12(3)4)13(16(21)22)7-5-6-8-17/h11-13H,5-10,17H2,1-4H3,(H,21,22)/t13-/m0/s1. The molecule has 0 saturated carbocycles. The highest BCUT2D eigenvalue weighted by Gasteiger charge is 2.34. The first-order valence-electron chi connectivity index (χ1n) is 7.98. The summed E-state index contributed by atoms with van der Waals surface area (Å²) in [5.41, 5.74) is 5.42. The number of carboxylic acid groups (broad SMARTS) is 1. The molecule has 0 fully saturated rings. The zero-order valence-corrected chi connectivity index (χ0v) is 14.2. The summed E-state index contributed by atoms with van der Waals surface area (Å²) in [5, 5.41) is 9.43. The normalized spacial score (nSPS) is 12.5. The van der Waals surface area contributed by atoms with Crippen molar-refractivity contribution < 1.29 is 19.5 Å². The van der Waals surface area contributed by atoms with Gasteiger partial charge in [0.25, 0.3) is 0 Å². The Morgan fingerprint density at radius 2 is 1.41 bits per heavy atom. The number of aliphatic carboxylic acids is 1. The minimum Gasteiger partial charge on any atom is -0.480 e. The number of unbranched alkanes of at least 4 members (excludes halogenated alkanes) is 1. The van der Waals surface area contributed by atoms with Gasteiger partial charge in [0.2, 0.25) is 11.8 Å². The van der Waals surface area contributed by atoms with Gasteiger partial charge in [-0.2, -0.15) is 0 Å². The Hall–Kier alpha value is -1.43. The lowest BCUT2D eigenvalue weighted by Gasteiger charge is -2.28. The first-order valence-corrected chi connectivity index (χ1v) is 7.98. The summed E-state index contributed by atoms with van der Waals surface area (Å²) in [5.74, 6) is -1.80. The maximum Gasteiger partial charge on any atom is 0.326 e. The highest BCUT2D eigenvalue weighted by atomic mass is 16.4. The maximum absolute atomic E-state index is 12.4. The van der Waals surface area contributed by atoms with Crippen molar-refractivity contribution in [2.24, 2.45) is 17.6 Å². The lowest BCUT2D eigenvalue weighted by atomic mass is 10.0. The zero-order chi connectivity index (χ0) is 17.3. The van der Waals surface area contributed by atoms with E-state index in [9.17, 15) is 19.5 Å². The predicted octanol–water partition coefficient (Wildman–Crippen LogP) is 2.02. The Bertz CT molecular complexity index is 358. The molecular formula is C16H30N2O4. The Morgan fingerprint density at radius 3 is 1.73 bits per heavy atom. The summed E-state index contributed by atoms with van der Waals surface area (Å²) in [6, 6.07) is -1.09. The van der Waals surface area contributed by atoms with Gasteiger partial charge < -0.3 is 10.8 Å². The predicted molar refractivity (Wildman–Crippen MR) is 85.1 cm³/mol. The molecule has 22 heavy (non-hydrogen) atoms. The molecule has 0 aromatic carbocycles. The number of hydrogen-bond acceptors (Lipinski definition) is 4. The van der Waals surface area contributed by atoms with E-state index in [-0.39, 0.29) is 31.1 Å². The number of carboxylic acids is 1. The number of hydrogen-bond donors (Lipinski definition) is 2. The average molecular weight is 314 g/mol. The smallest absolute Gasteiger partial charge is 0.326 e. The summed E-state index contributed by atoms with van der Waals surface area (Å²) in [4.78, 5) is 37.3. The van der Waals surface area contributed by atoms with Gasteiger partial charge in [0, 0.05) is 12.8 Å². The molecule has 0 aromatic rings. The van der Waals surface area contributed by atoms with Gasteiger partial charge in [0.15, 0.2) is 0 Å². The molecule has 128 valence electrons. The lowest BCUT2D eigenvalue weighted by molar-refractivity contribution is -0.159. The molecule has 3 N–H and O–H groups in total. The molecular weight excluding hydrogens is 284 g/mol. The molecule has 0 aromatic heterocycles. The van der Waals surface area contributed by atoms with Crippen LogP contribution in [0, 0.1) is 11.8 Å². The van der Waals surface area contributed by atoms with Crippen molar-refractivity contribution in [3.05, 3.63) is 0 Å². The van der Waals surface area contributed by atoms with Gasteiger partial charge in [-0.05, 0) is 37.6 Å². The van der Waals surface area contributed by atoms with Crippen molar-refractivity contribution in [1.82, 2.24) is 4.90 Å². The van der Waals surface area contributed by atoms with E-state index in [0.717, 1.165) is 4.90 Å². The van der Waals surface area contributed by atoms with Crippen LogP contribution in [0.15, 0.2) is 0 Å². The molecule has 0 heterocycles. The molecule has 0 radical (unpaired) electrons. The maximum atomic E-state index is 12.4. The topological polar surface area (TPSA) is 101 Å². The molecule has 2 amide bonds. The second kappa shape index (κ2) is 10.3. The number of carbonyl (C=O) groups is 3. The molecule has 6 nitrogen and oxygen atoms in total. The van der Waals surface area contributed by atoms with E-state index in [0.29, 0.717) is 19.4 Å². The summed E-state index contributed by atoms with van der Waals surface area (Å²) in [7, 11) is 0. The Labute approximate surface area is 133 Å². The molecule has 0 unspecified atom stereocenters. The van der Waals surface area contributed by atoms with E-state index >= 15 is 0 Å². The van der Waals surface area contributed by atoms with Gasteiger partial charge in [-0.3, -0.25) is 14.5 Å². The molecule has 0 rings (SSSR count). The molecule has 0 spiro atoms. The van der Waals surface area contributed by atoms with Crippen LogP contribution in [0.5, 0.6) is 0 Å². The first kappa shape index (κ1) is 20.6. The fraction of sp³-hybridized carbons (Fsp3) is 0.812. The van der Waals surface area contributed by atoms with Crippen LogP contribution in [-0.2, 0) is 14.4 Å². The van der Waals surface area contributed by atoms with Crippen LogP contribution in [0.1, 0.15) is 59.8 Å². The SMILES string of the molecule is CC(C)CC(=O)N(C(=O)CC(C)C)[C@@H](CCCCN)C(=O)O. The third kappa shape index (κ3) is 7.54. The number of rotatable bonds is 10. The fourth-order valence-electron chi connectivity index (χ4n) is 2.23. The van der Waals surface area contributed by atoms with Crippen LogP contribution < -0.4 is 5.73 Å². The number of nitrogens with zero attached hydrogens (tertiary/aromatic N) is 1. The van der Waals surface area contributed by atoms with Crippen LogP contribution >= 0.6 is 0 Å². The lowest BCUT2D eigenvalue weighted by Crippen LogP contribution is -2.49. The molecule has 0 saturated heterocycles. The van der Waals surface area contributed by atoms with Gasteiger partial charge >= 0.3 is 5.97 Å². The zero-order valence-electron chi connectivity index (χ0n) is 14.2. The summed E-state index contributed by atoms with van der Waals surface area (Å²) >= 11 is 0. The Kier molecular flexibility index (Phi) is 9.65. The van der Waals surface area contributed by atoms with Crippen molar-refractivity contribution in [1.29, 1.82) is 0 Å². The van der Waals surface area contributed by atoms with Crippen molar-refractivity contribution in [3.8, 4) is 0 Å². The second-order valence-corrected chi connectivity index (χ2v) is 6.49. The van der Waals surface area contributed by atoms with Gasteiger partial charge in [-0.15, -0.1) is 0 Å². The molecule has 0 bridgehead atoms. The summed E-state index contributed by atoms with van der Waals surface area (Å²) in [6.45, 7) is 7.94. The van der Waals surface area contributed by atoms with Gasteiger partial charge in [-0.1, -0.05) is 27.7 Å². The highest BCUT2D eigenvalue weighted by Crippen LogP contribution is 2.17. The largest absolute Gasteiger partial charge is 0.480 e. The third-order valence-corrected chi connectivity index (χ3v) is 3.23. The Balaban J connectivity index is 5.24. The summed E-state index contributed by atoms with van der Waals surface area (Å²) < 4.78 is 0. The Morgan fingerprint density at radius 1 is 0.955 bits per heavy atom. The van der Waals surface area contributed by atoms with Crippen LogP contribution in [0.25, 0.3) is 0 Å². The van der Waals surface area contributed by atoms with E-state index in [1.165, 1.54) is 0 Å². The van der Waals surface area contributed by atoms with Crippen LogP contribution in [-0.4, -0.2) is 40.4 Å². The second-order valence-electron chi connectivity index (χ2n) is 6.49. The van der Waals surface area contributed by atoms with E-state index in [1.807, 2.05) is 27.7 Å². The van der Waals surface area contributed by atoms with E-state index in [2.05, 4.69) is 0 Å². The summed E-state index contributed by atoms with van der Waals surface area (Å²) in [6.07, 6.45) is 1.84. The third-order valence-electron chi connectivity index (χ3n) is 3.23. The van der Waals surface area contributed by atoms with Crippen molar-refractivity contribution in [3.63, 3.8) is 0 Å². The number of carbonyl (C=O) groups excluding carboxylic acids is 2. The van der Waals surface area contributed by atoms with Crippen molar-refractivity contribution in [2.45, 2.75) is 65.8 Å². The number of imide groups is 1. The van der Waals surface area contributed by atoms with E-state index in [1.54, 1.807) is 0 Å².